The Bertz CT molecular complexity index is 91.1. The summed E-state index contributed by atoms with van der Waals surface area (Å²) in [6.07, 6.45) is 2.76. The summed E-state index contributed by atoms with van der Waals surface area (Å²) >= 11 is 0. The van der Waals surface area contributed by atoms with E-state index in [0.717, 1.165) is 12.6 Å². The van der Waals surface area contributed by atoms with Crippen molar-refractivity contribution in [1.82, 2.24) is 10.2 Å². The lowest BCUT2D eigenvalue weighted by molar-refractivity contribution is 0.241. The first-order chi connectivity index (χ1) is 4.47. The quantitative estimate of drug-likeness (QED) is 0.498. The van der Waals surface area contributed by atoms with E-state index >= 15 is 0 Å². The average Bonchev–Trinajstić information content (AvgIpc) is 2.33. The molecular formula is C7H13N2. The molecular weight excluding hydrogens is 112 g/mol. The van der Waals surface area contributed by atoms with Crippen LogP contribution in [-0.2, 0) is 0 Å². The normalized spacial score (nSPS) is 36.7. The third kappa shape index (κ3) is 0.970. The van der Waals surface area contributed by atoms with Gasteiger partial charge >= 0.3 is 0 Å². The first-order valence-corrected chi connectivity index (χ1v) is 3.77. The minimum absolute atomic E-state index is 0.763. The zero-order valence-corrected chi connectivity index (χ0v) is 5.64. The van der Waals surface area contributed by atoms with Crippen molar-refractivity contribution >= 4 is 0 Å². The molecule has 0 bridgehead atoms. The van der Waals surface area contributed by atoms with Gasteiger partial charge < -0.3 is 5.32 Å². The average molecular weight is 125 g/mol. The third-order valence-corrected chi connectivity index (χ3v) is 2.27. The summed E-state index contributed by atoms with van der Waals surface area (Å²) < 4.78 is 0. The van der Waals surface area contributed by atoms with Gasteiger partial charge in [0, 0.05) is 25.7 Å². The van der Waals surface area contributed by atoms with Gasteiger partial charge in [-0.05, 0) is 19.4 Å². The van der Waals surface area contributed by atoms with E-state index in [1.54, 1.807) is 0 Å². The molecule has 0 saturated carbocycles. The molecule has 2 aliphatic rings. The molecule has 1 N–H and O–H groups in total. The van der Waals surface area contributed by atoms with Gasteiger partial charge in [0.2, 0.25) is 0 Å². The van der Waals surface area contributed by atoms with Crippen LogP contribution in [0.2, 0.25) is 0 Å². The van der Waals surface area contributed by atoms with Crippen LogP contribution in [0.15, 0.2) is 0 Å². The highest BCUT2D eigenvalue weighted by molar-refractivity contribution is 4.92. The van der Waals surface area contributed by atoms with Gasteiger partial charge in [0.1, 0.15) is 0 Å². The molecule has 1 radical (unpaired) electrons. The Morgan fingerprint density at radius 3 is 3.33 bits per heavy atom. The number of piperazine rings is 1. The van der Waals surface area contributed by atoms with Crippen molar-refractivity contribution in [3.63, 3.8) is 0 Å². The van der Waals surface area contributed by atoms with E-state index in [-0.39, 0.29) is 0 Å². The van der Waals surface area contributed by atoms with Gasteiger partial charge in [-0.25, -0.2) is 0 Å². The largest absolute Gasteiger partial charge is 0.310 e. The van der Waals surface area contributed by atoms with Crippen molar-refractivity contribution in [1.29, 1.82) is 0 Å². The Morgan fingerprint density at radius 2 is 2.44 bits per heavy atom. The molecule has 2 fully saturated rings. The molecule has 1 unspecified atom stereocenters. The van der Waals surface area contributed by atoms with E-state index in [4.69, 9.17) is 0 Å². The van der Waals surface area contributed by atoms with Crippen LogP contribution >= 0.6 is 0 Å². The van der Waals surface area contributed by atoms with Gasteiger partial charge in [-0.2, -0.15) is 0 Å². The van der Waals surface area contributed by atoms with E-state index in [9.17, 15) is 0 Å². The second-order valence-corrected chi connectivity index (χ2v) is 2.87. The predicted octanol–water partition coefficient (Wildman–Crippen LogP) is 0.216. The van der Waals surface area contributed by atoms with Crippen LogP contribution in [0.3, 0.4) is 0 Å². The SMILES string of the molecule is [CH]1NCCN2CCCC12. The van der Waals surface area contributed by atoms with Gasteiger partial charge in [-0.3, -0.25) is 4.90 Å². The lowest BCUT2D eigenvalue weighted by atomic mass is 10.2. The van der Waals surface area contributed by atoms with Crippen LogP contribution in [0, 0.1) is 6.54 Å². The second kappa shape index (κ2) is 2.27. The number of nitrogens with zero attached hydrogens (tertiary/aromatic N) is 1. The van der Waals surface area contributed by atoms with Crippen molar-refractivity contribution < 1.29 is 0 Å². The molecule has 1 atom stereocenters. The van der Waals surface area contributed by atoms with Crippen LogP contribution in [0.4, 0.5) is 0 Å². The first kappa shape index (κ1) is 5.69. The molecule has 2 aliphatic heterocycles. The Morgan fingerprint density at radius 1 is 1.44 bits per heavy atom. The molecule has 0 aromatic carbocycles. The van der Waals surface area contributed by atoms with E-state index in [1.165, 1.54) is 25.9 Å². The molecule has 0 spiro atoms. The monoisotopic (exact) mass is 125 g/mol. The molecule has 51 valence electrons. The first-order valence-electron chi connectivity index (χ1n) is 3.77. The van der Waals surface area contributed by atoms with Crippen molar-refractivity contribution in [3.05, 3.63) is 6.54 Å². The maximum absolute atomic E-state index is 3.29. The van der Waals surface area contributed by atoms with Gasteiger partial charge in [0.05, 0.1) is 0 Å². The number of nitrogens with one attached hydrogen (secondary N) is 1. The highest BCUT2D eigenvalue weighted by Crippen LogP contribution is 2.19. The Balaban J connectivity index is 1.97. The van der Waals surface area contributed by atoms with E-state index in [0.29, 0.717) is 0 Å². The topological polar surface area (TPSA) is 15.3 Å². The van der Waals surface area contributed by atoms with Crippen LogP contribution in [-0.4, -0.2) is 30.6 Å². The molecule has 0 aromatic rings. The molecule has 0 amide bonds. The fourth-order valence-electron chi connectivity index (χ4n) is 1.75. The van der Waals surface area contributed by atoms with Crippen molar-refractivity contribution in [2.75, 3.05) is 19.6 Å². The van der Waals surface area contributed by atoms with E-state index in [2.05, 4.69) is 16.8 Å². The fraction of sp³-hybridized carbons (Fsp3) is 0.857. The minimum Gasteiger partial charge on any atom is -0.310 e. The summed E-state index contributed by atoms with van der Waals surface area (Å²) in [5, 5.41) is 3.29. The number of hydrogen-bond acceptors (Lipinski definition) is 2. The summed E-state index contributed by atoms with van der Waals surface area (Å²) in [6, 6.07) is 0.763. The molecule has 2 heteroatoms. The van der Waals surface area contributed by atoms with Crippen molar-refractivity contribution in [2.45, 2.75) is 18.9 Å². The highest BCUT2D eigenvalue weighted by atomic mass is 15.2. The zero-order chi connectivity index (χ0) is 6.10. The summed E-state index contributed by atoms with van der Waals surface area (Å²) in [5.74, 6) is 0. The molecule has 2 heterocycles. The molecule has 2 rings (SSSR count). The second-order valence-electron chi connectivity index (χ2n) is 2.87. The van der Waals surface area contributed by atoms with Gasteiger partial charge in [-0.15, -0.1) is 0 Å². The van der Waals surface area contributed by atoms with Gasteiger partial charge in [0.25, 0.3) is 0 Å². The van der Waals surface area contributed by atoms with Crippen molar-refractivity contribution in [2.24, 2.45) is 0 Å². The molecule has 0 aliphatic carbocycles. The zero-order valence-electron chi connectivity index (χ0n) is 5.64. The van der Waals surface area contributed by atoms with Crippen molar-refractivity contribution in [3.8, 4) is 0 Å². The Hall–Kier alpha value is -0.0800. The maximum atomic E-state index is 3.29. The number of rotatable bonds is 0. The molecule has 2 saturated heterocycles. The van der Waals surface area contributed by atoms with E-state index < -0.39 is 0 Å². The lowest BCUT2D eigenvalue weighted by Crippen LogP contribution is -2.44. The van der Waals surface area contributed by atoms with Crippen LogP contribution in [0.5, 0.6) is 0 Å². The van der Waals surface area contributed by atoms with Crippen LogP contribution < -0.4 is 5.32 Å². The van der Waals surface area contributed by atoms with Gasteiger partial charge in [-0.1, -0.05) is 0 Å². The Kier molecular flexibility index (Phi) is 1.44. The molecule has 0 aromatic heterocycles. The number of fused-ring (bicyclic) bond motifs is 1. The summed E-state index contributed by atoms with van der Waals surface area (Å²) in [7, 11) is 0. The summed E-state index contributed by atoms with van der Waals surface area (Å²) in [6.45, 7) is 5.97. The maximum Gasteiger partial charge on any atom is 0.0393 e. The minimum atomic E-state index is 0.763. The predicted molar refractivity (Wildman–Crippen MR) is 36.9 cm³/mol. The highest BCUT2D eigenvalue weighted by Gasteiger charge is 2.26. The summed E-state index contributed by atoms with van der Waals surface area (Å²) in [4.78, 5) is 2.55. The smallest absolute Gasteiger partial charge is 0.0393 e. The third-order valence-electron chi connectivity index (χ3n) is 2.27. The number of hydrogen-bond donors (Lipinski definition) is 1. The van der Waals surface area contributed by atoms with Crippen LogP contribution in [0.1, 0.15) is 12.8 Å². The molecule has 9 heavy (non-hydrogen) atoms. The lowest BCUT2D eigenvalue weighted by Gasteiger charge is -2.29. The fourth-order valence-corrected chi connectivity index (χ4v) is 1.75. The summed E-state index contributed by atoms with van der Waals surface area (Å²) in [5.41, 5.74) is 0. The van der Waals surface area contributed by atoms with Gasteiger partial charge in [0.15, 0.2) is 0 Å². The Labute approximate surface area is 56.2 Å². The standard InChI is InChI=1S/C7H13N2/c1-2-7-6-8-3-5-9(7)4-1/h6-8H,1-5H2. The van der Waals surface area contributed by atoms with Crippen LogP contribution in [0.25, 0.3) is 0 Å². The molecule has 2 nitrogen and oxygen atoms in total. The van der Waals surface area contributed by atoms with E-state index in [1.807, 2.05) is 0 Å².